The molecule has 0 unspecified atom stereocenters. The summed E-state index contributed by atoms with van der Waals surface area (Å²) in [6, 6.07) is 0. The number of nitrogens with one attached hydrogen (secondary N) is 2. The van der Waals surface area contributed by atoms with Gasteiger partial charge in [-0.2, -0.15) is 0 Å². The summed E-state index contributed by atoms with van der Waals surface area (Å²) in [4.78, 5) is 20.7. The van der Waals surface area contributed by atoms with Crippen LogP contribution in [-0.4, -0.2) is 22.3 Å². The molecule has 0 spiro atoms. The molecule has 0 bridgehead atoms. The van der Waals surface area contributed by atoms with Gasteiger partial charge in [-0.1, -0.05) is 0 Å². The van der Waals surface area contributed by atoms with Crippen LogP contribution in [0.1, 0.15) is 40.3 Å². The summed E-state index contributed by atoms with van der Waals surface area (Å²) in [6.45, 7) is 10.5. The summed E-state index contributed by atoms with van der Waals surface area (Å²) >= 11 is 1.64. The number of carbonyl (C=O) groups is 1. The number of Topliss-reactive ketones (excluding diaryl/α,β-unsaturated/α-hetero) is 1. The second-order valence-corrected chi connectivity index (χ2v) is 5.84. The largest absolute Gasteiger partial charge is 0.362 e. The molecule has 2 aromatic heterocycles. The third-order valence-electron chi connectivity index (χ3n) is 3.15. The molecule has 0 atom stereocenters. The first kappa shape index (κ1) is 13.8. The lowest BCUT2D eigenvalue weighted by Gasteiger charge is -1.98. The number of aryl methyl sites for hydroxylation is 2. The zero-order valence-corrected chi connectivity index (χ0v) is 12.8. The Morgan fingerprint density at radius 1 is 1.37 bits per heavy atom. The molecule has 0 saturated heterocycles. The molecule has 0 fully saturated rings. The van der Waals surface area contributed by atoms with Crippen LogP contribution in [0.3, 0.4) is 0 Å². The van der Waals surface area contributed by atoms with Crippen LogP contribution < -0.4 is 5.32 Å². The maximum absolute atomic E-state index is 11.7. The lowest BCUT2D eigenvalue weighted by atomic mass is 10.1. The number of carbonyl (C=O) groups excluding carboxylic acids is 1. The smallest absolute Gasteiger partial charge is 0.183 e. The minimum atomic E-state index is 0.0947. The summed E-state index contributed by atoms with van der Waals surface area (Å²) in [5, 5.41) is 4.15. The van der Waals surface area contributed by atoms with Crippen molar-refractivity contribution in [3.63, 3.8) is 0 Å². The first-order valence-corrected chi connectivity index (χ1v) is 7.19. The maximum atomic E-state index is 11.7. The first-order valence-electron chi connectivity index (χ1n) is 6.37. The van der Waals surface area contributed by atoms with Gasteiger partial charge in [-0.05, 0) is 40.2 Å². The highest BCUT2D eigenvalue weighted by Crippen LogP contribution is 2.33. The van der Waals surface area contributed by atoms with Gasteiger partial charge in [0.25, 0.3) is 0 Å². The number of H-pyrrole nitrogens is 1. The van der Waals surface area contributed by atoms with Crippen LogP contribution in [0.4, 0.5) is 5.13 Å². The van der Waals surface area contributed by atoms with Crippen LogP contribution in [0.2, 0.25) is 0 Å². The third-order valence-corrected chi connectivity index (χ3v) is 4.08. The quantitative estimate of drug-likeness (QED) is 0.838. The fourth-order valence-electron chi connectivity index (χ4n) is 2.37. The molecule has 0 amide bonds. The van der Waals surface area contributed by atoms with Crippen LogP contribution >= 0.6 is 11.3 Å². The number of hydrogen-bond acceptors (Lipinski definition) is 4. The molecule has 2 N–H and O–H groups in total. The van der Waals surface area contributed by atoms with Crippen molar-refractivity contribution in [2.75, 3.05) is 11.9 Å². The number of rotatable bonds is 4. The molecular formula is C14H19N3OS. The Bertz CT molecular complexity index is 625. The van der Waals surface area contributed by atoms with Crippen molar-refractivity contribution in [3.8, 4) is 11.4 Å². The van der Waals surface area contributed by atoms with E-state index in [1.54, 1.807) is 18.3 Å². The van der Waals surface area contributed by atoms with E-state index in [1.165, 1.54) is 0 Å². The standard InChI is InChI=1S/C14H19N3OS/c1-6-15-14-17-13(10(5)19-14)12-7(2)11(9(4)18)8(3)16-12/h16H,6H2,1-5H3,(H,15,17). The first-order chi connectivity index (χ1) is 8.95. The second-order valence-electron chi connectivity index (χ2n) is 4.64. The predicted molar refractivity (Wildman–Crippen MR) is 80.3 cm³/mol. The Kier molecular flexibility index (Phi) is 3.75. The van der Waals surface area contributed by atoms with Crippen molar-refractivity contribution in [2.24, 2.45) is 0 Å². The molecule has 0 saturated carbocycles. The Balaban J connectivity index is 2.53. The van der Waals surface area contributed by atoms with Gasteiger partial charge >= 0.3 is 0 Å². The normalized spacial score (nSPS) is 10.8. The van der Waals surface area contributed by atoms with Crippen LogP contribution in [-0.2, 0) is 0 Å². The Labute approximate surface area is 117 Å². The average molecular weight is 277 g/mol. The van der Waals surface area contributed by atoms with Crippen LogP contribution in [0, 0.1) is 20.8 Å². The van der Waals surface area contributed by atoms with E-state index in [1.807, 2.05) is 20.8 Å². The van der Waals surface area contributed by atoms with Gasteiger partial charge in [0.1, 0.15) is 5.69 Å². The van der Waals surface area contributed by atoms with Crippen LogP contribution in [0.15, 0.2) is 0 Å². The fraction of sp³-hybridized carbons (Fsp3) is 0.429. The van der Waals surface area contributed by atoms with Crippen LogP contribution in [0.25, 0.3) is 11.4 Å². The molecule has 4 nitrogen and oxygen atoms in total. The van der Waals surface area contributed by atoms with Gasteiger partial charge in [0, 0.05) is 22.7 Å². The number of anilines is 1. The lowest BCUT2D eigenvalue weighted by molar-refractivity contribution is 0.101. The molecule has 0 aliphatic rings. The van der Waals surface area contributed by atoms with Gasteiger partial charge in [0.15, 0.2) is 10.9 Å². The molecule has 2 aromatic rings. The predicted octanol–water partition coefficient (Wildman–Crippen LogP) is 3.70. The number of nitrogens with zero attached hydrogens (tertiary/aromatic N) is 1. The molecule has 0 radical (unpaired) electrons. The molecule has 102 valence electrons. The molecule has 2 heterocycles. The van der Waals surface area contributed by atoms with Gasteiger partial charge in [-0.15, -0.1) is 11.3 Å². The van der Waals surface area contributed by atoms with Crippen molar-refractivity contribution in [3.05, 3.63) is 21.7 Å². The molecule has 2 rings (SSSR count). The highest BCUT2D eigenvalue weighted by atomic mass is 32.1. The van der Waals surface area contributed by atoms with E-state index in [2.05, 4.69) is 22.2 Å². The van der Waals surface area contributed by atoms with E-state index in [4.69, 9.17) is 0 Å². The number of aromatic amines is 1. The molecular weight excluding hydrogens is 258 g/mol. The van der Waals surface area contributed by atoms with Crippen molar-refractivity contribution in [1.29, 1.82) is 0 Å². The van der Waals surface area contributed by atoms with Crippen molar-refractivity contribution in [1.82, 2.24) is 9.97 Å². The summed E-state index contributed by atoms with van der Waals surface area (Å²) < 4.78 is 0. The molecule has 5 heteroatoms. The molecule has 0 aromatic carbocycles. The SMILES string of the molecule is CCNc1nc(-c2[nH]c(C)c(C(C)=O)c2C)c(C)s1. The summed E-state index contributed by atoms with van der Waals surface area (Å²) in [5.74, 6) is 0.0947. The van der Waals surface area contributed by atoms with E-state index in [-0.39, 0.29) is 5.78 Å². The number of aromatic nitrogens is 2. The van der Waals surface area contributed by atoms with E-state index < -0.39 is 0 Å². The minimum Gasteiger partial charge on any atom is -0.362 e. The zero-order chi connectivity index (χ0) is 14.2. The highest BCUT2D eigenvalue weighted by Gasteiger charge is 2.19. The molecule has 19 heavy (non-hydrogen) atoms. The number of hydrogen-bond donors (Lipinski definition) is 2. The molecule has 0 aliphatic heterocycles. The monoisotopic (exact) mass is 277 g/mol. The second kappa shape index (κ2) is 5.17. The highest BCUT2D eigenvalue weighted by molar-refractivity contribution is 7.16. The minimum absolute atomic E-state index is 0.0947. The Morgan fingerprint density at radius 3 is 2.58 bits per heavy atom. The van der Waals surface area contributed by atoms with Gasteiger partial charge in [-0.3, -0.25) is 4.79 Å². The summed E-state index contributed by atoms with van der Waals surface area (Å²) in [6.07, 6.45) is 0. The summed E-state index contributed by atoms with van der Waals surface area (Å²) in [7, 11) is 0. The summed E-state index contributed by atoms with van der Waals surface area (Å²) in [5.41, 5.74) is 4.58. The van der Waals surface area contributed by atoms with E-state index in [0.29, 0.717) is 0 Å². The fourth-order valence-corrected chi connectivity index (χ4v) is 3.26. The van der Waals surface area contributed by atoms with E-state index in [0.717, 1.165) is 44.8 Å². The van der Waals surface area contributed by atoms with Gasteiger partial charge in [0.2, 0.25) is 0 Å². The number of thiazole rings is 1. The van der Waals surface area contributed by atoms with Crippen molar-refractivity contribution >= 4 is 22.3 Å². The van der Waals surface area contributed by atoms with E-state index >= 15 is 0 Å². The van der Waals surface area contributed by atoms with Gasteiger partial charge in [0.05, 0.1) is 5.69 Å². The Morgan fingerprint density at radius 2 is 2.05 bits per heavy atom. The van der Waals surface area contributed by atoms with Crippen molar-refractivity contribution in [2.45, 2.75) is 34.6 Å². The van der Waals surface area contributed by atoms with Crippen molar-refractivity contribution < 1.29 is 4.79 Å². The third kappa shape index (κ3) is 2.42. The molecule has 0 aliphatic carbocycles. The lowest BCUT2D eigenvalue weighted by Crippen LogP contribution is -1.96. The van der Waals surface area contributed by atoms with Gasteiger partial charge < -0.3 is 10.3 Å². The average Bonchev–Trinajstić information content (AvgIpc) is 2.80. The maximum Gasteiger partial charge on any atom is 0.183 e. The number of ketones is 1. The van der Waals surface area contributed by atoms with Crippen LogP contribution in [0.5, 0.6) is 0 Å². The Hall–Kier alpha value is -1.62. The topological polar surface area (TPSA) is 57.8 Å². The van der Waals surface area contributed by atoms with Gasteiger partial charge in [-0.25, -0.2) is 4.98 Å². The van der Waals surface area contributed by atoms with E-state index in [9.17, 15) is 4.79 Å². The zero-order valence-electron chi connectivity index (χ0n) is 12.0.